The lowest BCUT2D eigenvalue weighted by Gasteiger charge is -2.17. The second kappa shape index (κ2) is 6.77. The first kappa shape index (κ1) is 19.6. The van der Waals surface area contributed by atoms with E-state index >= 15 is 0 Å². The molecule has 0 radical (unpaired) electrons. The lowest BCUT2D eigenvalue weighted by molar-refractivity contribution is 0.406. The van der Waals surface area contributed by atoms with E-state index in [2.05, 4.69) is 4.72 Å². The maximum atomic E-state index is 12.6. The molecular weight excluding hydrogens is 402 g/mol. The smallest absolute Gasteiger partial charge is 0.240 e. The predicted molar refractivity (Wildman–Crippen MR) is 96.4 cm³/mol. The Balaban J connectivity index is 1.89. The molecule has 11 heteroatoms. The molecular formula is C15H21NO7S3. The number of nitrogens with one attached hydrogen (secondary N) is 1. The van der Waals surface area contributed by atoms with Crippen molar-refractivity contribution in [3.8, 4) is 5.75 Å². The molecule has 146 valence electrons. The maximum absolute atomic E-state index is 12.6. The van der Waals surface area contributed by atoms with Crippen molar-refractivity contribution >= 4 is 29.7 Å². The predicted octanol–water partition coefficient (Wildman–Crippen LogP) is 0.0627. The highest BCUT2D eigenvalue weighted by Gasteiger charge is 2.34. The van der Waals surface area contributed by atoms with Crippen LogP contribution in [0.2, 0.25) is 0 Å². The lowest BCUT2D eigenvalue weighted by atomic mass is 9.98. The molecule has 1 aromatic carbocycles. The summed E-state index contributed by atoms with van der Waals surface area (Å²) in [5.74, 6) is -0.104. The minimum Gasteiger partial charge on any atom is -0.496 e. The Bertz CT molecular complexity index is 1010. The molecule has 0 bridgehead atoms. The summed E-state index contributed by atoms with van der Waals surface area (Å²) < 4.78 is 79.5. The van der Waals surface area contributed by atoms with Gasteiger partial charge in [0.05, 0.1) is 35.0 Å². The zero-order valence-corrected chi connectivity index (χ0v) is 16.7. The average molecular weight is 424 g/mol. The third-order valence-corrected chi connectivity index (χ3v) is 9.79. The van der Waals surface area contributed by atoms with Crippen molar-refractivity contribution < 1.29 is 30.0 Å². The molecule has 8 nitrogen and oxygen atoms in total. The van der Waals surface area contributed by atoms with Gasteiger partial charge < -0.3 is 4.74 Å². The fraction of sp³-hybridized carbons (Fsp3) is 0.600. The first-order chi connectivity index (χ1) is 12.0. The van der Waals surface area contributed by atoms with Gasteiger partial charge in [-0.25, -0.2) is 30.0 Å². The zero-order chi connectivity index (χ0) is 19.2. The van der Waals surface area contributed by atoms with Gasteiger partial charge in [-0.2, -0.15) is 0 Å². The van der Waals surface area contributed by atoms with Crippen molar-refractivity contribution in [1.82, 2.24) is 4.72 Å². The normalized spacial score (nSPS) is 27.4. The van der Waals surface area contributed by atoms with Crippen LogP contribution in [-0.4, -0.2) is 61.4 Å². The number of benzene rings is 1. The Kier molecular flexibility index (Phi) is 5.10. The molecule has 2 atom stereocenters. The quantitative estimate of drug-likeness (QED) is 0.710. The van der Waals surface area contributed by atoms with E-state index in [4.69, 9.17) is 4.74 Å². The molecule has 3 rings (SSSR count). The van der Waals surface area contributed by atoms with E-state index in [-0.39, 0.29) is 40.2 Å². The van der Waals surface area contributed by atoms with Gasteiger partial charge >= 0.3 is 0 Å². The number of ether oxygens (including phenoxy) is 1. The summed E-state index contributed by atoms with van der Waals surface area (Å²) in [6.45, 7) is 0. The highest BCUT2D eigenvalue weighted by atomic mass is 32.2. The first-order valence-corrected chi connectivity index (χ1v) is 13.2. The summed E-state index contributed by atoms with van der Waals surface area (Å²) in [6, 6.07) is 3.65. The number of methoxy groups -OCH3 is 1. The molecule has 0 spiro atoms. The first-order valence-electron chi connectivity index (χ1n) is 8.12. The van der Waals surface area contributed by atoms with E-state index in [9.17, 15) is 25.3 Å². The standard InChI is InChI=1S/C15H21NO7S3/c1-23-15-3-2-13(8-14(15)11-4-6-24(17,18)9-11)26(21,22)16-12-5-7-25(19,20)10-12/h2-3,8,11-12,16H,4-7,9-10H2,1H3/t11-,12-/m1/s1. The van der Waals surface area contributed by atoms with Crippen molar-refractivity contribution in [2.24, 2.45) is 0 Å². The van der Waals surface area contributed by atoms with Crippen LogP contribution in [0.5, 0.6) is 5.75 Å². The van der Waals surface area contributed by atoms with Crippen molar-refractivity contribution in [1.29, 1.82) is 0 Å². The largest absolute Gasteiger partial charge is 0.496 e. The second-order valence-corrected chi connectivity index (χ2v) is 12.9. The van der Waals surface area contributed by atoms with Crippen LogP contribution in [0.4, 0.5) is 0 Å². The van der Waals surface area contributed by atoms with Crippen LogP contribution in [0.1, 0.15) is 24.3 Å². The SMILES string of the molecule is COc1ccc(S(=O)(=O)N[C@@H]2CCS(=O)(=O)C2)cc1[C@@H]1CCS(=O)(=O)C1. The molecule has 2 aliphatic heterocycles. The maximum Gasteiger partial charge on any atom is 0.240 e. The van der Waals surface area contributed by atoms with E-state index in [1.165, 1.54) is 25.3 Å². The van der Waals surface area contributed by atoms with Crippen LogP contribution >= 0.6 is 0 Å². The van der Waals surface area contributed by atoms with Crippen LogP contribution in [-0.2, 0) is 29.7 Å². The van der Waals surface area contributed by atoms with E-state index in [1.807, 2.05) is 0 Å². The van der Waals surface area contributed by atoms with Crippen molar-refractivity contribution in [3.63, 3.8) is 0 Å². The van der Waals surface area contributed by atoms with Crippen LogP contribution in [0.25, 0.3) is 0 Å². The molecule has 0 amide bonds. The molecule has 0 unspecified atom stereocenters. The summed E-state index contributed by atoms with van der Waals surface area (Å²) in [5.41, 5.74) is 0.537. The van der Waals surface area contributed by atoms with Gasteiger partial charge in [-0.05, 0) is 36.6 Å². The third kappa shape index (κ3) is 4.21. The van der Waals surface area contributed by atoms with Crippen LogP contribution < -0.4 is 9.46 Å². The second-order valence-electron chi connectivity index (χ2n) is 6.72. The van der Waals surface area contributed by atoms with E-state index in [0.29, 0.717) is 17.7 Å². The number of hydrogen-bond acceptors (Lipinski definition) is 7. The molecule has 26 heavy (non-hydrogen) atoms. The van der Waals surface area contributed by atoms with Gasteiger partial charge in [0.15, 0.2) is 19.7 Å². The van der Waals surface area contributed by atoms with E-state index < -0.39 is 35.7 Å². The van der Waals surface area contributed by atoms with Gasteiger partial charge in [0.1, 0.15) is 5.75 Å². The minimum absolute atomic E-state index is 0.0260. The Morgan fingerprint density at radius 2 is 1.69 bits per heavy atom. The van der Waals surface area contributed by atoms with Crippen molar-refractivity contribution in [2.75, 3.05) is 30.1 Å². The Morgan fingerprint density at radius 1 is 1.04 bits per heavy atom. The summed E-state index contributed by atoms with van der Waals surface area (Å²) in [7, 11) is -8.82. The van der Waals surface area contributed by atoms with Gasteiger partial charge in [0.25, 0.3) is 0 Å². The fourth-order valence-electron chi connectivity index (χ4n) is 3.41. The number of sulfonamides is 1. The van der Waals surface area contributed by atoms with E-state index in [1.54, 1.807) is 0 Å². The van der Waals surface area contributed by atoms with Crippen molar-refractivity contribution in [3.05, 3.63) is 23.8 Å². The summed E-state index contributed by atoms with van der Waals surface area (Å²) >= 11 is 0. The highest BCUT2D eigenvalue weighted by Crippen LogP contribution is 2.36. The Hall–Kier alpha value is -1.17. The van der Waals surface area contributed by atoms with Gasteiger partial charge in [-0.3, -0.25) is 0 Å². The molecule has 1 aromatic rings. The summed E-state index contributed by atoms with van der Waals surface area (Å²) in [5, 5.41) is 0. The summed E-state index contributed by atoms with van der Waals surface area (Å²) in [6.07, 6.45) is 0.655. The molecule has 2 heterocycles. The Labute approximate surface area is 153 Å². The average Bonchev–Trinajstić information content (AvgIpc) is 3.07. The zero-order valence-electron chi connectivity index (χ0n) is 14.2. The third-order valence-electron chi connectivity index (χ3n) is 4.74. The van der Waals surface area contributed by atoms with Gasteiger partial charge in [-0.1, -0.05) is 0 Å². The molecule has 0 aromatic heterocycles. The molecule has 1 N–H and O–H groups in total. The number of sulfone groups is 2. The van der Waals surface area contributed by atoms with Gasteiger partial charge in [0, 0.05) is 12.0 Å². The number of hydrogen-bond donors (Lipinski definition) is 1. The summed E-state index contributed by atoms with van der Waals surface area (Å²) in [4.78, 5) is -0.0260. The highest BCUT2D eigenvalue weighted by molar-refractivity contribution is 7.92. The van der Waals surface area contributed by atoms with Gasteiger partial charge in [-0.15, -0.1) is 0 Å². The minimum atomic E-state index is -3.92. The molecule has 0 saturated carbocycles. The molecule has 0 aliphatic carbocycles. The molecule has 2 fully saturated rings. The number of rotatable bonds is 5. The van der Waals surface area contributed by atoms with Crippen LogP contribution in [0.3, 0.4) is 0 Å². The molecule has 2 aliphatic rings. The fourth-order valence-corrected chi connectivity index (χ4v) is 8.27. The molecule has 2 saturated heterocycles. The van der Waals surface area contributed by atoms with Gasteiger partial charge in [0.2, 0.25) is 10.0 Å². The van der Waals surface area contributed by atoms with E-state index in [0.717, 1.165) is 0 Å². The topological polar surface area (TPSA) is 124 Å². The monoisotopic (exact) mass is 423 g/mol. The Morgan fingerprint density at radius 3 is 2.23 bits per heavy atom. The van der Waals surface area contributed by atoms with Crippen LogP contribution in [0, 0.1) is 0 Å². The van der Waals surface area contributed by atoms with Crippen LogP contribution in [0.15, 0.2) is 23.1 Å². The van der Waals surface area contributed by atoms with Crippen molar-refractivity contribution in [2.45, 2.75) is 29.7 Å². The lowest BCUT2D eigenvalue weighted by Crippen LogP contribution is -2.35.